The molecule has 1 fully saturated rings. The molecule has 32 heavy (non-hydrogen) atoms. The van der Waals surface area contributed by atoms with Crippen molar-refractivity contribution in [1.29, 1.82) is 0 Å². The van der Waals surface area contributed by atoms with Crippen LogP contribution >= 0.6 is 11.3 Å². The highest BCUT2D eigenvalue weighted by Crippen LogP contribution is 2.22. The summed E-state index contributed by atoms with van der Waals surface area (Å²) in [5, 5.41) is 1.98. The highest BCUT2D eigenvalue weighted by molar-refractivity contribution is 7.09. The van der Waals surface area contributed by atoms with Gasteiger partial charge in [0.05, 0.1) is 19.2 Å². The van der Waals surface area contributed by atoms with Gasteiger partial charge < -0.3 is 14.5 Å². The van der Waals surface area contributed by atoms with Gasteiger partial charge in [-0.3, -0.25) is 9.59 Å². The second-order valence-electron chi connectivity index (χ2n) is 9.60. The predicted octanol–water partition coefficient (Wildman–Crippen LogP) is 4.86. The van der Waals surface area contributed by atoms with Gasteiger partial charge in [-0.15, -0.1) is 11.3 Å². The minimum Gasteiger partial charge on any atom is -0.376 e. The Labute approximate surface area is 194 Å². The topological polar surface area (TPSA) is 49.9 Å². The lowest BCUT2D eigenvalue weighted by Gasteiger charge is -2.31. The van der Waals surface area contributed by atoms with E-state index in [0.29, 0.717) is 32.7 Å². The first-order valence-electron chi connectivity index (χ1n) is 11.1. The number of benzene rings is 1. The molecular formula is C25H33FN2O3S. The van der Waals surface area contributed by atoms with Crippen LogP contribution in [0.25, 0.3) is 0 Å². The highest BCUT2D eigenvalue weighted by atomic mass is 32.1. The number of hydrogen-bond acceptors (Lipinski definition) is 4. The molecule has 1 aliphatic rings. The van der Waals surface area contributed by atoms with Crippen molar-refractivity contribution < 1.29 is 18.7 Å². The van der Waals surface area contributed by atoms with E-state index in [-0.39, 0.29) is 35.7 Å². The molecular weight excluding hydrogens is 427 g/mol. The molecule has 0 radical (unpaired) electrons. The molecule has 1 aromatic carbocycles. The predicted molar refractivity (Wildman–Crippen MR) is 125 cm³/mol. The number of ether oxygens (including phenoxy) is 1. The molecule has 2 heterocycles. The molecule has 1 unspecified atom stereocenters. The minimum atomic E-state index is -0.305. The van der Waals surface area contributed by atoms with Crippen molar-refractivity contribution >= 4 is 23.2 Å². The summed E-state index contributed by atoms with van der Waals surface area (Å²) in [5.74, 6) is -0.456. The minimum absolute atomic E-state index is 0.0152. The summed E-state index contributed by atoms with van der Waals surface area (Å²) < 4.78 is 19.1. The van der Waals surface area contributed by atoms with Crippen molar-refractivity contribution in [3.05, 3.63) is 58.0 Å². The Morgan fingerprint density at radius 2 is 1.84 bits per heavy atom. The van der Waals surface area contributed by atoms with Gasteiger partial charge in [0, 0.05) is 31.0 Å². The van der Waals surface area contributed by atoms with Crippen LogP contribution in [0.4, 0.5) is 4.39 Å². The normalized spacial score (nSPS) is 16.2. The molecule has 0 spiro atoms. The van der Waals surface area contributed by atoms with Crippen LogP contribution in [-0.4, -0.2) is 47.4 Å². The zero-order valence-electron chi connectivity index (χ0n) is 19.2. The number of carbonyl (C=O) groups excluding carboxylic acids is 2. The molecule has 5 nitrogen and oxygen atoms in total. The van der Waals surface area contributed by atoms with Crippen LogP contribution in [0, 0.1) is 11.2 Å². The van der Waals surface area contributed by atoms with Gasteiger partial charge in [-0.2, -0.15) is 0 Å². The van der Waals surface area contributed by atoms with E-state index in [1.165, 1.54) is 12.1 Å². The van der Waals surface area contributed by atoms with E-state index in [4.69, 9.17) is 4.74 Å². The number of thiophene rings is 1. The van der Waals surface area contributed by atoms with Crippen molar-refractivity contribution in [3.8, 4) is 0 Å². The van der Waals surface area contributed by atoms with Crippen molar-refractivity contribution in [2.45, 2.75) is 59.2 Å². The second-order valence-corrected chi connectivity index (χ2v) is 10.6. The third kappa shape index (κ3) is 7.71. The first-order chi connectivity index (χ1) is 15.2. The van der Waals surface area contributed by atoms with Crippen molar-refractivity contribution in [2.24, 2.45) is 5.41 Å². The third-order valence-electron chi connectivity index (χ3n) is 5.37. The largest absolute Gasteiger partial charge is 0.376 e. The quantitative estimate of drug-likeness (QED) is 0.537. The number of halogens is 1. The van der Waals surface area contributed by atoms with Gasteiger partial charge in [0.15, 0.2) is 0 Å². The molecule has 2 amide bonds. The molecule has 1 aliphatic heterocycles. The molecule has 1 saturated heterocycles. The molecule has 7 heteroatoms. The Hall–Kier alpha value is -2.25. The standard InChI is InChI=1S/C25H33FN2O3S/c1-25(2,3)14-23(29)28(16-21-6-4-12-31-21)18-24(30)27(17-22-7-5-13-32-22)15-19-8-10-20(26)11-9-19/h5,7-11,13,21H,4,6,12,14-18H2,1-3H3. The van der Waals surface area contributed by atoms with Crippen LogP contribution in [0.15, 0.2) is 41.8 Å². The Bertz CT molecular complexity index is 872. The number of nitrogens with zero attached hydrogens (tertiary/aromatic N) is 2. The Kier molecular flexibility index (Phi) is 8.43. The van der Waals surface area contributed by atoms with Crippen LogP contribution < -0.4 is 0 Å². The summed E-state index contributed by atoms with van der Waals surface area (Å²) in [6, 6.07) is 10.1. The van der Waals surface area contributed by atoms with Crippen molar-refractivity contribution in [1.82, 2.24) is 9.80 Å². The van der Waals surface area contributed by atoms with Crippen LogP contribution in [0.5, 0.6) is 0 Å². The maximum Gasteiger partial charge on any atom is 0.242 e. The second kappa shape index (κ2) is 11.1. The fraction of sp³-hybridized carbons (Fsp3) is 0.520. The Balaban J connectivity index is 1.75. The van der Waals surface area contributed by atoms with E-state index in [2.05, 4.69) is 0 Å². The lowest BCUT2D eigenvalue weighted by atomic mass is 9.91. The SMILES string of the molecule is CC(C)(C)CC(=O)N(CC(=O)N(Cc1ccc(F)cc1)Cc1cccs1)CC1CCCO1. The first kappa shape index (κ1) is 24.4. The molecule has 2 aromatic rings. The molecule has 1 aromatic heterocycles. The van der Waals surface area contributed by atoms with Crippen molar-refractivity contribution in [2.75, 3.05) is 19.7 Å². The van der Waals surface area contributed by atoms with Gasteiger partial charge in [-0.05, 0) is 47.4 Å². The van der Waals surface area contributed by atoms with Crippen molar-refractivity contribution in [3.63, 3.8) is 0 Å². The lowest BCUT2D eigenvalue weighted by molar-refractivity contribution is -0.143. The Morgan fingerprint density at radius 1 is 1.09 bits per heavy atom. The van der Waals surface area contributed by atoms with E-state index < -0.39 is 0 Å². The van der Waals surface area contributed by atoms with Gasteiger partial charge in [-0.1, -0.05) is 39.0 Å². The van der Waals surface area contributed by atoms with E-state index in [1.54, 1.807) is 33.3 Å². The Morgan fingerprint density at radius 3 is 2.44 bits per heavy atom. The maximum absolute atomic E-state index is 13.4. The average molecular weight is 461 g/mol. The smallest absolute Gasteiger partial charge is 0.242 e. The molecule has 1 atom stereocenters. The summed E-state index contributed by atoms with van der Waals surface area (Å²) in [6.45, 7) is 8.03. The molecule has 0 N–H and O–H groups in total. The molecule has 0 bridgehead atoms. The van der Waals surface area contributed by atoms with E-state index in [0.717, 1.165) is 23.3 Å². The van der Waals surface area contributed by atoms with Crippen LogP contribution in [0.2, 0.25) is 0 Å². The van der Waals surface area contributed by atoms with E-state index in [9.17, 15) is 14.0 Å². The molecule has 0 saturated carbocycles. The summed E-state index contributed by atoms with van der Waals surface area (Å²) in [4.78, 5) is 31.0. The fourth-order valence-electron chi connectivity index (χ4n) is 3.75. The fourth-order valence-corrected chi connectivity index (χ4v) is 4.47. The van der Waals surface area contributed by atoms with Crippen LogP contribution in [-0.2, 0) is 27.4 Å². The van der Waals surface area contributed by atoms with E-state index in [1.807, 2.05) is 38.3 Å². The summed E-state index contributed by atoms with van der Waals surface area (Å²) in [7, 11) is 0. The number of hydrogen-bond donors (Lipinski definition) is 0. The van der Waals surface area contributed by atoms with Gasteiger partial charge >= 0.3 is 0 Å². The first-order valence-corrected chi connectivity index (χ1v) is 12.0. The van der Waals surface area contributed by atoms with Crippen LogP contribution in [0.1, 0.15) is 50.5 Å². The zero-order chi connectivity index (χ0) is 23.1. The van der Waals surface area contributed by atoms with Gasteiger partial charge in [-0.25, -0.2) is 4.39 Å². The summed E-state index contributed by atoms with van der Waals surface area (Å²) >= 11 is 1.59. The van der Waals surface area contributed by atoms with E-state index >= 15 is 0 Å². The highest BCUT2D eigenvalue weighted by Gasteiger charge is 2.28. The summed E-state index contributed by atoms with van der Waals surface area (Å²) in [5.41, 5.74) is 0.683. The molecule has 0 aliphatic carbocycles. The number of carbonyl (C=O) groups is 2. The molecule has 174 valence electrons. The molecule has 3 rings (SSSR count). The number of rotatable bonds is 9. The maximum atomic E-state index is 13.4. The summed E-state index contributed by atoms with van der Waals surface area (Å²) in [6.07, 6.45) is 2.24. The van der Waals surface area contributed by atoms with Gasteiger partial charge in [0.25, 0.3) is 0 Å². The monoisotopic (exact) mass is 460 g/mol. The van der Waals surface area contributed by atoms with Gasteiger partial charge in [0.1, 0.15) is 5.82 Å². The number of amides is 2. The average Bonchev–Trinajstić information content (AvgIpc) is 3.41. The van der Waals surface area contributed by atoms with Gasteiger partial charge in [0.2, 0.25) is 11.8 Å². The zero-order valence-corrected chi connectivity index (χ0v) is 20.0. The third-order valence-corrected chi connectivity index (χ3v) is 6.24. The lowest BCUT2D eigenvalue weighted by Crippen LogP contribution is -2.46. The van der Waals surface area contributed by atoms with Crippen LogP contribution in [0.3, 0.4) is 0 Å².